The standard InChI is InChI=1S/C12H17BrNOP/c1-2-16(15)9-7-14(8-10-16)12-5-3-11(13)4-6-12/h3-6H,2,7-10H2,1H3. The zero-order valence-corrected chi connectivity index (χ0v) is 12.0. The normalized spacial score (nSPS) is 19.8. The maximum absolute atomic E-state index is 12.2. The molecular formula is C12H17BrNOP. The third kappa shape index (κ3) is 2.70. The predicted octanol–water partition coefficient (Wildman–Crippen LogP) is 3.65. The van der Waals surface area contributed by atoms with Gasteiger partial charge in [0.1, 0.15) is 0 Å². The van der Waals surface area contributed by atoms with Crippen LogP contribution in [-0.4, -0.2) is 31.6 Å². The molecule has 2 nitrogen and oxygen atoms in total. The molecule has 1 saturated heterocycles. The summed E-state index contributed by atoms with van der Waals surface area (Å²) in [5.41, 5.74) is 1.24. The minimum Gasteiger partial charge on any atom is -0.371 e. The molecule has 0 aliphatic carbocycles. The van der Waals surface area contributed by atoms with Crippen LogP contribution in [0.25, 0.3) is 0 Å². The summed E-state index contributed by atoms with van der Waals surface area (Å²) < 4.78 is 13.3. The van der Waals surface area contributed by atoms with Gasteiger partial charge in [-0.1, -0.05) is 22.9 Å². The van der Waals surface area contributed by atoms with E-state index in [4.69, 9.17) is 0 Å². The summed E-state index contributed by atoms with van der Waals surface area (Å²) in [7, 11) is -1.81. The molecule has 0 N–H and O–H groups in total. The number of halogens is 1. The number of hydrogen-bond acceptors (Lipinski definition) is 2. The lowest BCUT2D eigenvalue weighted by atomic mass is 10.3. The van der Waals surface area contributed by atoms with Crippen LogP contribution in [0.15, 0.2) is 28.7 Å². The molecule has 0 amide bonds. The van der Waals surface area contributed by atoms with Gasteiger partial charge in [-0.3, -0.25) is 0 Å². The fourth-order valence-electron chi connectivity index (χ4n) is 2.06. The molecule has 0 aromatic heterocycles. The molecule has 1 aromatic carbocycles. The van der Waals surface area contributed by atoms with E-state index < -0.39 is 7.14 Å². The summed E-state index contributed by atoms with van der Waals surface area (Å²) in [5.74, 6) is 0. The van der Waals surface area contributed by atoms with Crippen LogP contribution in [0.1, 0.15) is 6.92 Å². The summed E-state index contributed by atoms with van der Waals surface area (Å²) >= 11 is 3.44. The van der Waals surface area contributed by atoms with Crippen molar-refractivity contribution in [3.8, 4) is 0 Å². The predicted molar refractivity (Wildman–Crippen MR) is 74.2 cm³/mol. The van der Waals surface area contributed by atoms with Gasteiger partial charge in [0.25, 0.3) is 0 Å². The van der Waals surface area contributed by atoms with Crippen molar-refractivity contribution in [3.05, 3.63) is 28.7 Å². The van der Waals surface area contributed by atoms with Crippen LogP contribution in [0, 0.1) is 0 Å². The molecule has 88 valence electrons. The van der Waals surface area contributed by atoms with Gasteiger partial charge in [-0.2, -0.15) is 0 Å². The molecule has 1 aromatic rings. The van der Waals surface area contributed by atoms with Gasteiger partial charge in [0, 0.05) is 35.6 Å². The highest BCUT2D eigenvalue weighted by molar-refractivity contribution is 9.10. The maximum atomic E-state index is 12.2. The summed E-state index contributed by atoms with van der Waals surface area (Å²) in [5, 5.41) is 0. The third-order valence-electron chi connectivity index (χ3n) is 3.32. The van der Waals surface area contributed by atoms with Crippen LogP contribution < -0.4 is 4.90 Å². The Balaban J connectivity index is 2.04. The lowest BCUT2D eigenvalue weighted by Gasteiger charge is -2.33. The molecule has 0 radical (unpaired) electrons. The second kappa shape index (κ2) is 4.93. The SMILES string of the molecule is CCP1(=O)CCN(c2ccc(Br)cc2)CC1. The highest BCUT2D eigenvalue weighted by Crippen LogP contribution is 2.47. The van der Waals surface area contributed by atoms with Crippen molar-refractivity contribution < 1.29 is 4.57 Å². The third-order valence-corrected chi connectivity index (χ3v) is 7.03. The van der Waals surface area contributed by atoms with Gasteiger partial charge >= 0.3 is 0 Å². The van der Waals surface area contributed by atoms with Gasteiger partial charge < -0.3 is 9.46 Å². The van der Waals surface area contributed by atoms with Crippen LogP contribution in [0.3, 0.4) is 0 Å². The molecule has 0 spiro atoms. The van der Waals surface area contributed by atoms with Crippen molar-refractivity contribution >= 4 is 28.8 Å². The van der Waals surface area contributed by atoms with Crippen molar-refractivity contribution in [1.82, 2.24) is 0 Å². The topological polar surface area (TPSA) is 20.3 Å². The summed E-state index contributed by atoms with van der Waals surface area (Å²) in [6, 6.07) is 8.35. The Morgan fingerprint density at radius 3 is 2.31 bits per heavy atom. The summed E-state index contributed by atoms with van der Waals surface area (Å²) in [6.07, 6.45) is 2.61. The molecule has 0 unspecified atom stereocenters. The largest absolute Gasteiger partial charge is 0.371 e. The maximum Gasteiger partial charge on any atom is 0.0909 e. The van der Waals surface area contributed by atoms with E-state index in [0.29, 0.717) is 0 Å². The van der Waals surface area contributed by atoms with E-state index in [1.165, 1.54) is 5.69 Å². The van der Waals surface area contributed by atoms with Crippen LogP contribution in [-0.2, 0) is 4.57 Å². The molecule has 0 atom stereocenters. The molecule has 4 heteroatoms. The Labute approximate surface area is 106 Å². The van der Waals surface area contributed by atoms with E-state index in [2.05, 4.69) is 52.0 Å². The molecule has 1 aliphatic heterocycles. The number of benzene rings is 1. The molecule has 0 bridgehead atoms. The smallest absolute Gasteiger partial charge is 0.0909 e. The first-order chi connectivity index (χ1) is 7.63. The minimum absolute atomic E-state index is 0.862. The second-order valence-corrected chi connectivity index (χ2v) is 8.84. The Hall–Kier alpha value is -0.270. The van der Waals surface area contributed by atoms with Gasteiger partial charge in [-0.05, 0) is 30.4 Å². The van der Waals surface area contributed by atoms with Crippen molar-refractivity contribution in [2.24, 2.45) is 0 Å². The Morgan fingerprint density at radius 2 is 1.81 bits per heavy atom. The van der Waals surface area contributed by atoms with E-state index in [1.54, 1.807) is 0 Å². The lowest BCUT2D eigenvalue weighted by molar-refractivity contribution is 0.569. The van der Waals surface area contributed by atoms with E-state index in [-0.39, 0.29) is 0 Å². The Kier molecular flexibility index (Phi) is 3.76. The van der Waals surface area contributed by atoms with Gasteiger partial charge in [0.2, 0.25) is 0 Å². The van der Waals surface area contributed by atoms with Crippen molar-refractivity contribution in [2.45, 2.75) is 6.92 Å². The Morgan fingerprint density at radius 1 is 1.25 bits per heavy atom. The first-order valence-corrected chi connectivity index (χ1v) is 8.76. The van der Waals surface area contributed by atoms with Gasteiger partial charge in [0.05, 0.1) is 7.14 Å². The molecular weight excluding hydrogens is 285 g/mol. The van der Waals surface area contributed by atoms with Crippen molar-refractivity contribution in [3.63, 3.8) is 0 Å². The van der Waals surface area contributed by atoms with Crippen molar-refractivity contribution in [2.75, 3.05) is 36.5 Å². The van der Waals surface area contributed by atoms with Crippen LogP contribution in [0.4, 0.5) is 5.69 Å². The molecule has 1 heterocycles. The van der Waals surface area contributed by atoms with E-state index in [1.807, 2.05) is 0 Å². The van der Waals surface area contributed by atoms with Gasteiger partial charge in [0.15, 0.2) is 0 Å². The Bertz CT molecular complexity index is 392. The highest BCUT2D eigenvalue weighted by atomic mass is 79.9. The van der Waals surface area contributed by atoms with Crippen LogP contribution >= 0.6 is 23.1 Å². The molecule has 1 fully saturated rings. The first kappa shape index (κ1) is 12.2. The number of anilines is 1. The fourth-order valence-corrected chi connectivity index (χ4v) is 4.39. The van der Waals surface area contributed by atoms with E-state index in [9.17, 15) is 4.57 Å². The monoisotopic (exact) mass is 301 g/mol. The summed E-state index contributed by atoms with van der Waals surface area (Å²) in [6.45, 7) is 3.93. The number of rotatable bonds is 2. The second-order valence-electron chi connectivity index (χ2n) is 4.29. The van der Waals surface area contributed by atoms with Gasteiger partial charge in [-0.15, -0.1) is 0 Å². The van der Waals surface area contributed by atoms with Crippen LogP contribution in [0.5, 0.6) is 0 Å². The van der Waals surface area contributed by atoms with Gasteiger partial charge in [-0.25, -0.2) is 0 Å². The average Bonchev–Trinajstić information content (AvgIpc) is 2.32. The zero-order valence-electron chi connectivity index (χ0n) is 9.53. The average molecular weight is 302 g/mol. The number of hydrogen-bond donors (Lipinski definition) is 0. The minimum atomic E-state index is -1.81. The molecule has 2 rings (SSSR count). The van der Waals surface area contributed by atoms with Crippen LogP contribution in [0.2, 0.25) is 0 Å². The molecule has 16 heavy (non-hydrogen) atoms. The van der Waals surface area contributed by atoms with E-state index >= 15 is 0 Å². The lowest BCUT2D eigenvalue weighted by Crippen LogP contribution is -2.35. The van der Waals surface area contributed by atoms with E-state index in [0.717, 1.165) is 36.0 Å². The fraction of sp³-hybridized carbons (Fsp3) is 0.500. The quantitative estimate of drug-likeness (QED) is 0.777. The first-order valence-electron chi connectivity index (χ1n) is 5.70. The zero-order chi connectivity index (χ0) is 11.6. The highest BCUT2D eigenvalue weighted by Gasteiger charge is 2.26. The van der Waals surface area contributed by atoms with Crippen molar-refractivity contribution in [1.29, 1.82) is 0 Å². The summed E-state index contributed by atoms with van der Waals surface area (Å²) in [4.78, 5) is 2.33. The number of nitrogens with zero attached hydrogens (tertiary/aromatic N) is 1. The molecule has 0 saturated carbocycles. The molecule has 1 aliphatic rings.